The summed E-state index contributed by atoms with van der Waals surface area (Å²) in [4.78, 5) is 0. The fourth-order valence-electron chi connectivity index (χ4n) is 2.88. The van der Waals surface area contributed by atoms with Gasteiger partial charge in [-0.2, -0.15) is 0 Å². The van der Waals surface area contributed by atoms with Crippen molar-refractivity contribution in [2.24, 2.45) is 0 Å². The number of terminal acetylenes is 1. The number of fused-ring (bicyclic) bond motifs is 1. The molecule has 18 heavy (non-hydrogen) atoms. The van der Waals surface area contributed by atoms with Crippen molar-refractivity contribution in [1.29, 1.82) is 0 Å². The molecule has 2 saturated heterocycles. The second kappa shape index (κ2) is 4.64. The first kappa shape index (κ1) is 12.1. The average molecular weight is 261 g/mol. The Kier molecular flexibility index (Phi) is 3.13. The minimum Gasteiger partial charge on any atom is -0.325 e. The first-order chi connectivity index (χ1) is 8.81. The van der Waals surface area contributed by atoms with Gasteiger partial charge in [-0.3, -0.25) is 4.52 Å². The third-order valence-corrected chi connectivity index (χ3v) is 5.35. The molecule has 4 heteroatoms. The molecule has 0 bridgehead atoms. The predicted molar refractivity (Wildman–Crippen MR) is 71.7 cm³/mol. The van der Waals surface area contributed by atoms with Crippen LogP contribution in [0.3, 0.4) is 0 Å². The lowest BCUT2D eigenvalue weighted by molar-refractivity contribution is 0.124. The van der Waals surface area contributed by atoms with E-state index >= 15 is 0 Å². The normalized spacial score (nSPS) is 35.3. The van der Waals surface area contributed by atoms with Crippen molar-refractivity contribution < 1.29 is 9.05 Å². The molecule has 3 atom stereocenters. The fraction of sp³-hybridized carbons (Fsp3) is 0.429. The van der Waals surface area contributed by atoms with E-state index in [-0.39, 0.29) is 6.04 Å². The maximum Gasteiger partial charge on any atom is 0.260 e. The molecule has 0 aromatic heterocycles. The Morgan fingerprint density at radius 2 is 2.28 bits per heavy atom. The highest BCUT2D eigenvalue weighted by molar-refractivity contribution is 7.45. The van der Waals surface area contributed by atoms with Gasteiger partial charge in [0.25, 0.3) is 8.53 Å². The standard InChI is InChI=1S/C14H16NO2P/c1-3-14(12-8-5-4-6-9-12)13-10-7-11-15(13)18(16-2)17-14/h1,4-6,8-9,13H,7,10-11H2,2H3/t13-,14+,18?/m1/s1. The van der Waals surface area contributed by atoms with Gasteiger partial charge in [0.15, 0.2) is 5.60 Å². The van der Waals surface area contributed by atoms with Crippen molar-refractivity contribution in [3.8, 4) is 12.3 Å². The van der Waals surface area contributed by atoms with Gasteiger partial charge in [0.2, 0.25) is 0 Å². The molecule has 1 aromatic carbocycles. The van der Waals surface area contributed by atoms with E-state index in [1.807, 2.05) is 30.3 Å². The zero-order chi connectivity index (χ0) is 12.6. The van der Waals surface area contributed by atoms with Crippen LogP contribution in [-0.2, 0) is 14.6 Å². The van der Waals surface area contributed by atoms with Crippen LogP contribution in [0.2, 0.25) is 0 Å². The Bertz CT molecular complexity index is 472. The molecule has 3 rings (SSSR count). The van der Waals surface area contributed by atoms with E-state index in [0.29, 0.717) is 0 Å². The smallest absolute Gasteiger partial charge is 0.260 e. The molecule has 0 N–H and O–H groups in total. The van der Waals surface area contributed by atoms with Crippen LogP contribution >= 0.6 is 8.53 Å². The lowest BCUT2D eigenvalue weighted by atomic mass is 9.86. The molecular formula is C14H16NO2P. The lowest BCUT2D eigenvalue weighted by Crippen LogP contribution is -2.38. The van der Waals surface area contributed by atoms with Crippen LogP contribution in [0, 0.1) is 12.3 Å². The number of nitrogens with zero attached hydrogens (tertiary/aromatic N) is 1. The highest BCUT2D eigenvalue weighted by Crippen LogP contribution is 2.62. The van der Waals surface area contributed by atoms with Gasteiger partial charge < -0.3 is 4.52 Å². The SMILES string of the molecule is C#C[C@@]1(c2ccccc2)OP(OC)N2CCC[C@@H]21. The number of hydrogen-bond acceptors (Lipinski definition) is 3. The highest BCUT2D eigenvalue weighted by Gasteiger charge is 2.56. The van der Waals surface area contributed by atoms with Crippen molar-refractivity contribution in [2.75, 3.05) is 13.7 Å². The summed E-state index contributed by atoms with van der Waals surface area (Å²) in [5.74, 6) is 2.90. The molecule has 0 amide bonds. The van der Waals surface area contributed by atoms with E-state index in [2.05, 4.69) is 10.6 Å². The number of rotatable bonds is 2. The summed E-state index contributed by atoms with van der Waals surface area (Å²) in [6, 6.07) is 10.3. The van der Waals surface area contributed by atoms with Crippen LogP contribution in [0.25, 0.3) is 0 Å². The van der Waals surface area contributed by atoms with E-state index in [4.69, 9.17) is 15.5 Å². The molecule has 1 aromatic rings. The number of hydrogen-bond donors (Lipinski definition) is 0. The summed E-state index contributed by atoms with van der Waals surface area (Å²) in [5, 5.41) is 0. The van der Waals surface area contributed by atoms with Crippen molar-refractivity contribution in [3.63, 3.8) is 0 Å². The van der Waals surface area contributed by atoms with Gasteiger partial charge in [-0.1, -0.05) is 36.3 Å². The van der Waals surface area contributed by atoms with Gasteiger partial charge in [0, 0.05) is 13.7 Å². The summed E-state index contributed by atoms with van der Waals surface area (Å²) in [6.07, 6.45) is 8.06. The molecule has 0 saturated carbocycles. The Morgan fingerprint density at radius 3 is 2.94 bits per heavy atom. The van der Waals surface area contributed by atoms with E-state index in [9.17, 15) is 0 Å². The van der Waals surface area contributed by atoms with Gasteiger partial charge in [0.1, 0.15) is 0 Å². The van der Waals surface area contributed by atoms with Crippen molar-refractivity contribution in [1.82, 2.24) is 4.67 Å². The van der Waals surface area contributed by atoms with E-state index < -0.39 is 14.1 Å². The molecule has 2 aliphatic heterocycles. The van der Waals surface area contributed by atoms with Crippen LogP contribution < -0.4 is 0 Å². The summed E-state index contributed by atoms with van der Waals surface area (Å²) in [6.45, 7) is 1.01. The van der Waals surface area contributed by atoms with Crippen LogP contribution in [0.4, 0.5) is 0 Å². The summed E-state index contributed by atoms with van der Waals surface area (Å²) in [5.41, 5.74) is 0.422. The predicted octanol–water partition coefficient (Wildman–Crippen LogP) is 2.88. The summed E-state index contributed by atoms with van der Waals surface area (Å²) in [7, 11) is 0.683. The minimum absolute atomic E-state index is 0.246. The first-order valence-electron chi connectivity index (χ1n) is 6.15. The van der Waals surface area contributed by atoms with Crippen LogP contribution in [0.15, 0.2) is 30.3 Å². The molecule has 94 valence electrons. The second-order valence-corrected chi connectivity index (χ2v) is 6.12. The van der Waals surface area contributed by atoms with Gasteiger partial charge in [0.05, 0.1) is 6.04 Å². The fourth-order valence-corrected chi connectivity index (χ4v) is 4.60. The molecule has 0 aliphatic carbocycles. The van der Waals surface area contributed by atoms with Gasteiger partial charge in [-0.15, -0.1) is 6.42 Å². The second-order valence-electron chi connectivity index (χ2n) is 4.58. The van der Waals surface area contributed by atoms with E-state index in [1.165, 1.54) is 0 Å². The molecular weight excluding hydrogens is 245 g/mol. The highest BCUT2D eigenvalue weighted by atomic mass is 31.2. The van der Waals surface area contributed by atoms with Crippen molar-refractivity contribution in [3.05, 3.63) is 35.9 Å². The summed E-state index contributed by atoms with van der Waals surface area (Å²) < 4.78 is 13.9. The topological polar surface area (TPSA) is 21.7 Å². The molecule has 0 radical (unpaired) electrons. The first-order valence-corrected chi connectivity index (χ1v) is 7.28. The summed E-state index contributed by atoms with van der Waals surface area (Å²) >= 11 is 0. The zero-order valence-electron chi connectivity index (χ0n) is 10.4. The molecule has 0 spiro atoms. The minimum atomic E-state index is -1.01. The Morgan fingerprint density at radius 1 is 1.50 bits per heavy atom. The molecule has 3 nitrogen and oxygen atoms in total. The zero-order valence-corrected chi connectivity index (χ0v) is 11.3. The van der Waals surface area contributed by atoms with Gasteiger partial charge in [-0.05, 0) is 18.4 Å². The number of benzene rings is 1. The van der Waals surface area contributed by atoms with E-state index in [0.717, 1.165) is 24.9 Å². The van der Waals surface area contributed by atoms with Crippen molar-refractivity contribution in [2.45, 2.75) is 24.5 Å². The maximum absolute atomic E-state index is 6.13. The Labute approximate surface area is 109 Å². The Balaban J connectivity index is 2.05. The lowest BCUT2D eigenvalue weighted by Gasteiger charge is -2.27. The monoisotopic (exact) mass is 261 g/mol. The Hall–Kier alpha value is -0.910. The van der Waals surface area contributed by atoms with Gasteiger partial charge in [-0.25, -0.2) is 4.67 Å². The van der Waals surface area contributed by atoms with Gasteiger partial charge >= 0.3 is 0 Å². The van der Waals surface area contributed by atoms with Crippen LogP contribution in [-0.4, -0.2) is 24.4 Å². The van der Waals surface area contributed by atoms with E-state index in [1.54, 1.807) is 7.11 Å². The van der Waals surface area contributed by atoms with Crippen LogP contribution in [0.5, 0.6) is 0 Å². The molecule has 2 fully saturated rings. The molecule has 2 heterocycles. The third-order valence-electron chi connectivity index (χ3n) is 3.70. The molecule has 2 aliphatic rings. The quantitative estimate of drug-likeness (QED) is 0.603. The van der Waals surface area contributed by atoms with Crippen molar-refractivity contribution >= 4 is 8.53 Å². The molecule has 1 unspecified atom stereocenters. The average Bonchev–Trinajstić information content (AvgIpc) is 3.01. The third kappa shape index (κ3) is 1.61. The maximum atomic E-state index is 6.13. The largest absolute Gasteiger partial charge is 0.325 e. The van der Waals surface area contributed by atoms with Crippen LogP contribution in [0.1, 0.15) is 18.4 Å².